The van der Waals surface area contributed by atoms with Crippen LogP contribution < -0.4 is 25.3 Å². The SMILES string of the molecule is CCCCNC(N)=NCc1ccc(OC)c(OC)c1OC.I. The molecular weight excluding hydrogens is 397 g/mol. The standard InChI is InChI=1S/C15H25N3O3.HI/c1-5-6-9-17-15(16)18-10-11-7-8-12(19-2)14(21-4)13(11)20-3;/h7-8H,5-6,9-10H2,1-4H3,(H3,16,17,18);1H. The van der Waals surface area contributed by atoms with Gasteiger partial charge in [0, 0.05) is 12.1 Å². The molecule has 0 fully saturated rings. The van der Waals surface area contributed by atoms with Crippen LogP contribution in [0.5, 0.6) is 17.2 Å². The fourth-order valence-corrected chi connectivity index (χ4v) is 1.91. The van der Waals surface area contributed by atoms with Crippen molar-refractivity contribution < 1.29 is 14.2 Å². The Morgan fingerprint density at radius 1 is 1.14 bits per heavy atom. The van der Waals surface area contributed by atoms with E-state index >= 15 is 0 Å². The number of nitrogens with two attached hydrogens (primary N) is 1. The van der Waals surface area contributed by atoms with Gasteiger partial charge in [-0.25, -0.2) is 4.99 Å². The molecule has 3 N–H and O–H groups in total. The average Bonchev–Trinajstić information content (AvgIpc) is 2.51. The van der Waals surface area contributed by atoms with E-state index in [0.29, 0.717) is 29.8 Å². The van der Waals surface area contributed by atoms with Crippen molar-refractivity contribution in [2.75, 3.05) is 27.9 Å². The van der Waals surface area contributed by atoms with Gasteiger partial charge in [0.1, 0.15) is 0 Å². The summed E-state index contributed by atoms with van der Waals surface area (Å²) in [6.45, 7) is 3.37. The highest BCUT2D eigenvalue weighted by atomic mass is 127. The number of aliphatic imine (C=N–C) groups is 1. The van der Waals surface area contributed by atoms with Crippen LogP contribution in [0.1, 0.15) is 25.3 Å². The van der Waals surface area contributed by atoms with Gasteiger partial charge in [0.05, 0.1) is 27.9 Å². The minimum atomic E-state index is 0. The number of halogens is 1. The van der Waals surface area contributed by atoms with Gasteiger partial charge in [0.2, 0.25) is 5.75 Å². The molecule has 0 aliphatic rings. The van der Waals surface area contributed by atoms with E-state index in [-0.39, 0.29) is 24.0 Å². The first kappa shape index (κ1) is 20.6. The van der Waals surface area contributed by atoms with Crippen LogP contribution in [0.25, 0.3) is 0 Å². The van der Waals surface area contributed by atoms with Gasteiger partial charge in [0.15, 0.2) is 17.5 Å². The van der Waals surface area contributed by atoms with Crippen LogP contribution in [0.4, 0.5) is 0 Å². The number of hydrogen-bond donors (Lipinski definition) is 2. The van der Waals surface area contributed by atoms with Crippen molar-refractivity contribution in [2.24, 2.45) is 10.7 Å². The lowest BCUT2D eigenvalue weighted by Gasteiger charge is -2.15. The topological polar surface area (TPSA) is 78.1 Å². The van der Waals surface area contributed by atoms with Crippen molar-refractivity contribution >= 4 is 29.9 Å². The van der Waals surface area contributed by atoms with E-state index in [1.54, 1.807) is 21.3 Å². The summed E-state index contributed by atoms with van der Waals surface area (Å²) in [4.78, 5) is 4.31. The second-order valence-corrected chi connectivity index (χ2v) is 4.48. The first-order valence-corrected chi connectivity index (χ1v) is 6.99. The third kappa shape index (κ3) is 5.78. The molecule has 126 valence electrons. The van der Waals surface area contributed by atoms with Crippen LogP contribution in [0.15, 0.2) is 17.1 Å². The molecule has 1 aromatic carbocycles. The van der Waals surface area contributed by atoms with Crippen LogP contribution >= 0.6 is 24.0 Å². The molecule has 0 amide bonds. The first-order chi connectivity index (χ1) is 10.2. The van der Waals surface area contributed by atoms with E-state index in [9.17, 15) is 0 Å². The monoisotopic (exact) mass is 423 g/mol. The van der Waals surface area contributed by atoms with E-state index < -0.39 is 0 Å². The molecule has 0 aliphatic carbocycles. The minimum absolute atomic E-state index is 0. The zero-order valence-corrected chi connectivity index (χ0v) is 16.0. The molecule has 7 heteroatoms. The van der Waals surface area contributed by atoms with Gasteiger partial charge in [-0.05, 0) is 18.6 Å². The molecule has 0 aromatic heterocycles. The molecule has 0 bridgehead atoms. The second-order valence-electron chi connectivity index (χ2n) is 4.48. The Hall–Kier alpha value is -1.38. The predicted octanol–water partition coefficient (Wildman–Crippen LogP) is 2.53. The number of nitrogens with zero attached hydrogens (tertiary/aromatic N) is 1. The molecule has 0 saturated carbocycles. The molecule has 0 saturated heterocycles. The molecule has 0 heterocycles. The molecule has 0 radical (unpaired) electrons. The molecule has 1 rings (SSSR count). The Morgan fingerprint density at radius 3 is 2.36 bits per heavy atom. The molecular formula is C15H26IN3O3. The van der Waals surface area contributed by atoms with Crippen molar-refractivity contribution in [3.05, 3.63) is 17.7 Å². The molecule has 0 atom stereocenters. The van der Waals surface area contributed by atoms with Gasteiger partial charge < -0.3 is 25.3 Å². The number of rotatable bonds is 8. The molecule has 0 spiro atoms. The Bertz CT molecular complexity index is 481. The van der Waals surface area contributed by atoms with E-state index in [4.69, 9.17) is 19.9 Å². The van der Waals surface area contributed by atoms with Crippen LogP contribution in [-0.4, -0.2) is 33.8 Å². The van der Waals surface area contributed by atoms with Crippen molar-refractivity contribution in [1.82, 2.24) is 5.32 Å². The lowest BCUT2D eigenvalue weighted by atomic mass is 10.1. The van der Waals surface area contributed by atoms with Crippen LogP contribution in [0.3, 0.4) is 0 Å². The highest BCUT2D eigenvalue weighted by Crippen LogP contribution is 2.39. The van der Waals surface area contributed by atoms with Gasteiger partial charge >= 0.3 is 0 Å². The third-order valence-corrected chi connectivity index (χ3v) is 3.04. The number of benzene rings is 1. The summed E-state index contributed by atoms with van der Waals surface area (Å²) in [7, 11) is 4.76. The summed E-state index contributed by atoms with van der Waals surface area (Å²) in [5.41, 5.74) is 6.71. The summed E-state index contributed by atoms with van der Waals surface area (Å²) in [6.07, 6.45) is 2.18. The van der Waals surface area contributed by atoms with Crippen molar-refractivity contribution in [3.63, 3.8) is 0 Å². The second kappa shape index (κ2) is 11.2. The maximum Gasteiger partial charge on any atom is 0.203 e. The van der Waals surface area contributed by atoms with Crippen LogP contribution in [0, 0.1) is 0 Å². The lowest BCUT2D eigenvalue weighted by Crippen LogP contribution is -2.32. The molecule has 22 heavy (non-hydrogen) atoms. The van der Waals surface area contributed by atoms with Crippen LogP contribution in [0.2, 0.25) is 0 Å². The summed E-state index contributed by atoms with van der Waals surface area (Å²) in [5, 5.41) is 3.07. The molecule has 0 aliphatic heterocycles. The number of hydrogen-bond acceptors (Lipinski definition) is 4. The van der Waals surface area contributed by atoms with E-state index in [2.05, 4.69) is 17.2 Å². The quantitative estimate of drug-likeness (QED) is 0.291. The zero-order valence-electron chi connectivity index (χ0n) is 13.6. The first-order valence-electron chi connectivity index (χ1n) is 6.99. The number of unbranched alkanes of at least 4 members (excludes halogenated alkanes) is 1. The van der Waals surface area contributed by atoms with E-state index in [1.807, 2.05) is 12.1 Å². The van der Waals surface area contributed by atoms with Crippen LogP contribution in [-0.2, 0) is 6.54 Å². The summed E-state index contributed by atoms with van der Waals surface area (Å²) in [6, 6.07) is 3.72. The Labute approximate surface area is 149 Å². The number of nitrogens with one attached hydrogen (secondary N) is 1. The Balaban J connectivity index is 0.00000441. The van der Waals surface area contributed by atoms with E-state index in [1.165, 1.54) is 0 Å². The third-order valence-electron chi connectivity index (χ3n) is 3.04. The van der Waals surface area contributed by atoms with Gasteiger partial charge in [0.25, 0.3) is 0 Å². The maximum atomic E-state index is 5.82. The molecule has 1 aromatic rings. The van der Waals surface area contributed by atoms with Crippen molar-refractivity contribution in [3.8, 4) is 17.2 Å². The van der Waals surface area contributed by atoms with Crippen molar-refractivity contribution in [2.45, 2.75) is 26.3 Å². The summed E-state index contributed by atoms with van der Waals surface area (Å²) in [5.74, 6) is 2.23. The highest BCUT2D eigenvalue weighted by molar-refractivity contribution is 14.0. The fourth-order valence-electron chi connectivity index (χ4n) is 1.91. The number of ether oxygens (including phenoxy) is 3. The maximum absolute atomic E-state index is 5.82. The fraction of sp³-hybridized carbons (Fsp3) is 0.533. The van der Waals surface area contributed by atoms with Gasteiger partial charge in [-0.3, -0.25) is 0 Å². The zero-order chi connectivity index (χ0) is 15.7. The largest absolute Gasteiger partial charge is 0.493 e. The average molecular weight is 423 g/mol. The van der Waals surface area contributed by atoms with E-state index in [0.717, 1.165) is 24.9 Å². The Morgan fingerprint density at radius 2 is 1.82 bits per heavy atom. The smallest absolute Gasteiger partial charge is 0.203 e. The van der Waals surface area contributed by atoms with Crippen molar-refractivity contribution in [1.29, 1.82) is 0 Å². The van der Waals surface area contributed by atoms with Gasteiger partial charge in [-0.15, -0.1) is 24.0 Å². The normalized spacial score (nSPS) is 10.6. The molecule has 0 unspecified atom stereocenters. The number of guanidine groups is 1. The van der Waals surface area contributed by atoms with Gasteiger partial charge in [-0.2, -0.15) is 0 Å². The lowest BCUT2D eigenvalue weighted by molar-refractivity contribution is 0.322. The highest BCUT2D eigenvalue weighted by Gasteiger charge is 2.15. The summed E-state index contributed by atoms with van der Waals surface area (Å²) >= 11 is 0. The predicted molar refractivity (Wildman–Crippen MR) is 99.8 cm³/mol. The number of methoxy groups -OCH3 is 3. The minimum Gasteiger partial charge on any atom is -0.493 e. The molecule has 6 nitrogen and oxygen atoms in total. The van der Waals surface area contributed by atoms with Gasteiger partial charge in [-0.1, -0.05) is 13.3 Å². The Kier molecular flexibility index (Phi) is 10.5. The summed E-state index contributed by atoms with van der Waals surface area (Å²) < 4.78 is 16.0.